The Hall–Kier alpha value is -1.81. The van der Waals surface area contributed by atoms with E-state index in [4.69, 9.17) is 10.2 Å². The molecule has 3 N–H and O–H groups in total. The van der Waals surface area contributed by atoms with Crippen molar-refractivity contribution in [3.63, 3.8) is 0 Å². The van der Waals surface area contributed by atoms with Gasteiger partial charge in [-0.15, -0.1) is 0 Å². The lowest BCUT2D eigenvalue weighted by Crippen LogP contribution is -2.19. The van der Waals surface area contributed by atoms with Crippen LogP contribution in [-0.2, 0) is 24.2 Å². The molecule has 0 amide bonds. The first-order valence-electron chi connectivity index (χ1n) is 6.42. The van der Waals surface area contributed by atoms with Crippen molar-refractivity contribution in [1.29, 1.82) is 0 Å². The lowest BCUT2D eigenvalue weighted by Gasteiger charge is -2.01. The highest BCUT2D eigenvalue weighted by Gasteiger charge is 1.94. The predicted octanol–water partition coefficient (Wildman–Crippen LogP) is 0.228. The van der Waals surface area contributed by atoms with Gasteiger partial charge in [-0.1, -0.05) is 36.0 Å². The van der Waals surface area contributed by atoms with Gasteiger partial charge in [-0.05, 0) is 11.6 Å². The molecule has 0 saturated heterocycles. The first-order valence-corrected chi connectivity index (χ1v) is 6.42. The molecule has 1 aromatic rings. The number of aliphatic hydroxyl groups is 2. The van der Waals surface area contributed by atoms with Crippen LogP contribution in [0, 0.1) is 0 Å². The Morgan fingerprint density at radius 1 is 1.14 bits per heavy atom. The summed E-state index contributed by atoms with van der Waals surface area (Å²) in [5, 5.41) is 16.3. The fourth-order valence-electron chi connectivity index (χ4n) is 1.05. The molecule has 8 nitrogen and oxygen atoms in total. The Morgan fingerprint density at radius 3 is 2.23 bits per heavy atom. The maximum atomic E-state index is 10.8. The molecule has 0 aliphatic heterocycles. The van der Waals surface area contributed by atoms with Crippen LogP contribution in [0.4, 0.5) is 0 Å². The second kappa shape index (κ2) is 15.6. The van der Waals surface area contributed by atoms with Gasteiger partial charge in [0, 0.05) is 6.08 Å². The van der Waals surface area contributed by atoms with Gasteiger partial charge < -0.3 is 10.2 Å². The Morgan fingerprint density at radius 2 is 1.73 bits per heavy atom. The third-order valence-corrected chi connectivity index (χ3v) is 1.88. The van der Waals surface area contributed by atoms with E-state index in [1.165, 1.54) is 13.2 Å². The van der Waals surface area contributed by atoms with E-state index in [0.717, 1.165) is 5.56 Å². The normalized spacial score (nSPS) is 10.1. The molecule has 0 bridgehead atoms. The van der Waals surface area contributed by atoms with Gasteiger partial charge >= 0.3 is 5.97 Å². The average molecular weight is 315 g/mol. The highest BCUT2D eigenvalue weighted by molar-refractivity contribution is 5.86. The molecular weight excluding hydrogens is 294 g/mol. The highest BCUT2D eigenvalue weighted by atomic mass is 17.2. The van der Waals surface area contributed by atoms with Crippen molar-refractivity contribution in [2.75, 3.05) is 33.5 Å². The number of rotatable bonds is 9. The van der Waals surface area contributed by atoms with Crippen LogP contribution >= 0.6 is 0 Å². The lowest BCUT2D eigenvalue weighted by atomic mass is 10.2. The molecule has 0 aromatic heterocycles. The standard InChI is InChI=1S/C10H10O3.C4H11NO4/c1-12-13-10(11)8-7-9-5-3-2-4-6-9;6-1-3-8-5-9-4-2-7/h2-8H,1H3;5-7H,1-4H2. The molecule has 22 heavy (non-hydrogen) atoms. The van der Waals surface area contributed by atoms with Crippen molar-refractivity contribution in [2.24, 2.45) is 0 Å². The van der Waals surface area contributed by atoms with Gasteiger partial charge in [0.15, 0.2) is 0 Å². The van der Waals surface area contributed by atoms with E-state index in [0.29, 0.717) is 0 Å². The highest BCUT2D eigenvalue weighted by Crippen LogP contribution is 2.00. The first kappa shape index (κ1) is 20.2. The summed E-state index contributed by atoms with van der Waals surface area (Å²) in [7, 11) is 1.29. The molecule has 124 valence electrons. The zero-order valence-electron chi connectivity index (χ0n) is 12.3. The minimum absolute atomic E-state index is 0.0600. The zero-order chi connectivity index (χ0) is 16.5. The van der Waals surface area contributed by atoms with E-state index in [9.17, 15) is 4.79 Å². The van der Waals surface area contributed by atoms with Gasteiger partial charge in [0.05, 0.1) is 33.5 Å². The SMILES string of the molecule is COOC(=O)C=Cc1ccccc1.OCCONOCCO. The summed E-state index contributed by atoms with van der Waals surface area (Å²) in [5.41, 5.74) is 3.01. The lowest BCUT2D eigenvalue weighted by molar-refractivity contribution is -0.249. The molecular formula is C14H21NO7. The Kier molecular flexibility index (Phi) is 14.3. The van der Waals surface area contributed by atoms with Crippen molar-refractivity contribution in [3.05, 3.63) is 42.0 Å². The molecule has 1 rings (SSSR count). The number of hydrogen-bond acceptors (Lipinski definition) is 8. The smallest absolute Gasteiger partial charge is 0.365 e. The van der Waals surface area contributed by atoms with Crippen LogP contribution in [0.2, 0.25) is 0 Å². The zero-order valence-corrected chi connectivity index (χ0v) is 12.3. The molecule has 0 aliphatic carbocycles. The van der Waals surface area contributed by atoms with Crippen molar-refractivity contribution in [2.45, 2.75) is 0 Å². The number of benzene rings is 1. The van der Waals surface area contributed by atoms with Gasteiger partial charge in [0.1, 0.15) is 0 Å². The van der Waals surface area contributed by atoms with E-state index in [1.807, 2.05) is 30.3 Å². The minimum atomic E-state index is -0.522. The van der Waals surface area contributed by atoms with Crippen molar-refractivity contribution >= 4 is 12.0 Å². The topological polar surface area (TPSA) is 106 Å². The second-order valence-electron chi connectivity index (χ2n) is 3.54. The first-order chi connectivity index (χ1) is 10.7. The quantitative estimate of drug-likeness (QED) is 0.257. The summed E-state index contributed by atoms with van der Waals surface area (Å²) in [4.78, 5) is 28.1. The third kappa shape index (κ3) is 13.2. The van der Waals surface area contributed by atoms with Crippen molar-refractivity contribution < 1.29 is 34.5 Å². The van der Waals surface area contributed by atoms with Crippen LogP contribution in [0.5, 0.6) is 0 Å². The summed E-state index contributed by atoms with van der Waals surface area (Å²) in [6.45, 7) is 0.224. The van der Waals surface area contributed by atoms with Gasteiger partial charge in [-0.2, -0.15) is 4.89 Å². The molecule has 1 aromatic carbocycles. The molecule has 0 atom stereocenters. The molecule has 8 heteroatoms. The van der Waals surface area contributed by atoms with Gasteiger partial charge in [0.2, 0.25) is 0 Å². The van der Waals surface area contributed by atoms with Gasteiger partial charge in [-0.25, -0.2) is 4.79 Å². The molecule has 0 unspecified atom stereocenters. The largest absolute Gasteiger partial charge is 0.394 e. The Balaban J connectivity index is 0.000000433. The molecule has 0 saturated carbocycles. The van der Waals surface area contributed by atoms with E-state index < -0.39 is 5.97 Å². The maximum absolute atomic E-state index is 10.8. The molecule has 0 heterocycles. The second-order valence-corrected chi connectivity index (χ2v) is 3.54. The fraction of sp³-hybridized carbons (Fsp3) is 0.357. The van der Waals surface area contributed by atoms with Crippen LogP contribution in [-0.4, -0.2) is 49.7 Å². The Labute approximate surface area is 128 Å². The van der Waals surface area contributed by atoms with Crippen LogP contribution in [0.25, 0.3) is 6.08 Å². The van der Waals surface area contributed by atoms with E-state index >= 15 is 0 Å². The summed E-state index contributed by atoms with van der Waals surface area (Å²) in [6, 6.07) is 9.46. The monoisotopic (exact) mass is 315 g/mol. The van der Waals surface area contributed by atoms with Crippen molar-refractivity contribution in [3.8, 4) is 0 Å². The van der Waals surface area contributed by atoms with Crippen LogP contribution in [0.15, 0.2) is 36.4 Å². The van der Waals surface area contributed by atoms with Crippen LogP contribution < -0.4 is 5.64 Å². The maximum Gasteiger partial charge on any atom is 0.365 e. The van der Waals surface area contributed by atoms with Crippen molar-refractivity contribution in [1.82, 2.24) is 5.64 Å². The number of carbonyl (C=O) groups excluding carboxylic acids is 1. The average Bonchev–Trinajstić information content (AvgIpc) is 2.55. The fourth-order valence-corrected chi connectivity index (χ4v) is 1.05. The third-order valence-electron chi connectivity index (χ3n) is 1.88. The molecule has 0 fully saturated rings. The van der Waals surface area contributed by atoms with Crippen LogP contribution in [0.1, 0.15) is 5.56 Å². The minimum Gasteiger partial charge on any atom is -0.394 e. The summed E-state index contributed by atoms with van der Waals surface area (Å²) < 4.78 is 0. The van der Waals surface area contributed by atoms with E-state index in [1.54, 1.807) is 6.08 Å². The summed E-state index contributed by atoms with van der Waals surface area (Å²) in [5.74, 6) is -0.522. The number of nitrogens with one attached hydrogen (secondary N) is 1. The van der Waals surface area contributed by atoms with Gasteiger partial charge in [-0.3, -0.25) is 14.6 Å². The van der Waals surface area contributed by atoms with Crippen LogP contribution in [0.3, 0.4) is 0 Å². The van der Waals surface area contributed by atoms with E-state index in [2.05, 4.69) is 25.1 Å². The molecule has 0 spiro atoms. The Bertz CT molecular complexity index is 391. The van der Waals surface area contributed by atoms with Gasteiger partial charge in [0.25, 0.3) is 0 Å². The molecule has 0 aliphatic rings. The number of carbonyl (C=O) groups is 1. The number of aliphatic hydroxyl groups excluding tert-OH is 2. The number of hydrogen-bond donors (Lipinski definition) is 3. The molecule has 0 radical (unpaired) electrons. The predicted molar refractivity (Wildman–Crippen MR) is 77.8 cm³/mol. The summed E-state index contributed by atoms with van der Waals surface area (Å²) >= 11 is 0. The summed E-state index contributed by atoms with van der Waals surface area (Å²) in [6.07, 6.45) is 2.96. The van der Waals surface area contributed by atoms with E-state index in [-0.39, 0.29) is 26.4 Å².